The summed E-state index contributed by atoms with van der Waals surface area (Å²) in [6.45, 7) is 3.36. The molecule has 4 rings (SSSR count). The Balaban J connectivity index is 1.62. The number of benzene rings is 3. The van der Waals surface area contributed by atoms with Crippen LogP contribution in [0.4, 0.5) is 0 Å². The summed E-state index contributed by atoms with van der Waals surface area (Å²) in [5.41, 5.74) is 2.36. The van der Waals surface area contributed by atoms with Gasteiger partial charge in [-0.15, -0.1) is 4.40 Å². The van der Waals surface area contributed by atoms with Gasteiger partial charge >= 0.3 is 6.02 Å². The average molecular weight is 499 g/mol. The molecule has 3 aromatic carbocycles. The predicted molar refractivity (Wildman–Crippen MR) is 135 cm³/mol. The van der Waals surface area contributed by atoms with E-state index in [-0.39, 0.29) is 12.6 Å². The van der Waals surface area contributed by atoms with Gasteiger partial charge in [0, 0.05) is 11.6 Å². The van der Waals surface area contributed by atoms with E-state index in [1.54, 1.807) is 32.0 Å². The Bertz CT molecular complexity index is 1280. The minimum atomic E-state index is -3.95. The third-order valence-electron chi connectivity index (χ3n) is 5.79. The van der Waals surface area contributed by atoms with Crippen molar-refractivity contribution in [3.63, 3.8) is 0 Å². The van der Waals surface area contributed by atoms with Crippen LogP contribution in [0.3, 0.4) is 0 Å². The van der Waals surface area contributed by atoms with Crippen LogP contribution in [-0.2, 0) is 14.8 Å². The molecule has 0 saturated carbocycles. The summed E-state index contributed by atoms with van der Waals surface area (Å²) in [6, 6.07) is 23.9. The van der Waals surface area contributed by atoms with Crippen molar-refractivity contribution in [3.8, 4) is 11.1 Å². The SMILES string of the molecule is CC1(C)OC(N[C@@H](CCO)c2cccc(Cl)c2)=NS(=O)(=O)C1c1ccc(-c2ccccc2)cc1. The fraction of sp³-hybridized carbons (Fsp3) is 0.269. The first-order valence-corrected chi connectivity index (χ1v) is 12.9. The van der Waals surface area contributed by atoms with Crippen LogP contribution >= 0.6 is 11.6 Å². The lowest BCUT2D eigenvalue weighted by atomic mass is 9.95. The van der Waals surface area contributed by atoms with E-state index in [0.717, 1.165) is 16.7 Å². The number of aliphatic hydroxyl groups is 1. The topological polar surface area (TPSA) is 88.0 Å². The molecule has 0 bridgehead atoms. The molecular formula is C26H27ClN2O4S. The van der Waals surface area contributed by atoms with Crippen molar-refractivity contribution in [2.45, 2.75) is 37.2 Å². The number of ether oxygens (including phenoxy) is 1. The van der Waals surface area contributed by atoms with Gasteiger partial charge in [-0.3, -0.25) is 0 Å². The monoisotopic (exact) mass is 498 g/mol. The van der Waals surface area contributed by atoms with Crippen LogP contribution in [0.1, 0.15) is 42.7 Å². The van der Waals surface area contributed by atoms with Gasteiger partial charge in [-0.05, 0) is 54.7 Å². The van der Waals surface area contributed by atoms with Gasteiger partial charge in [0.25, 0.3) is 10.0 Å². The molecule has 3 aromatic rings. The van der Waals surface area contributed by atoms with Crippen molar-refractivity contribution in [1.82, 2.24) is 5.32 Å². The van der Waals surface area contributed by atoms with Crippen LogP contribution in [0.15, 0.2) is 83.3 Å². The number of aliphatic hydroxyl groups excluding tert-OH is 1. The molecule has 2 N–H and O–H groups in total. The van der Waals surface area contributed by atoms with E-state index in [4.69, 9.17) is 16.3 Å². The van der Waals surface area contributed by atoms with E-state index < -0.39 is 26.9 Å². The molecular weight excluding hydrogens is 472 g/mol. The Kier molecular flexibility index (Phi) is 6.98. The van der Waals surface area contributed by atoms with E-state index >= 15 is 0 Å². The van der Waals surface area contributed by atoms with Crippen LogP contribution in [0.25, 0.3) is 11.1 Å². The predicted octanol–water partition coefficient (Wildman–Crippen LogP) is 5.26. The highest BCUT2D eigenvalue weighted by atomic mass is 35.5. The molecule has 6 nitrogen and oxygen atoms in total. The maximum atomic E-state index is 13.3. The van der Waals surface area contributed by atoms with E-state index in [1.807, 2.05) is 60.7 Å². The normalized spacial score (nSPS) is 19.5. The Morgan fingerprint density at radius 1 is 1.03 bits per heavy atom. The highest BCUT2D eigenvalue weighted by Gasteiger charge is 2.47. The summed E-state index contributed by atoms with van der Waals surface area (Å²) in [7, 11) is -3.95. The minimum absolute atomic E-state index is 0.0967. The number of amidine groups is 1. The lowest BCUT2D eigenvalue weighted by molar-refractivity contribution is 0.0760. The number of hydrogen-bond donors (Lipinski definition) is 2. The summed E-state index contributed by atoms with van der Waals surface area (Å²) in [6.07, 6.45) is 0.327. The number of sulfonamides is 1. The Labute approximate surface area is 205 Å². The molecule has 0 saturated heterocycles. The highest BCUT2D eigenvalue weighted by molar-refractivity contribution is 7.90. The van der Waals surface area contributed by atoms with Gasteiger partial charge in [-0.25, -0.2) is 8.42 Å². The van der Waals surface area contributed by atoms with E-state index in [1.165, 1.54) is 0 Å². The average Bonchev–Trinajstić information content (AvgIpc) is 2.78. The van der Waals surface area contributed by atoms with Gasteiger partial charge in [-0.1, -0.05) is 78.3 Å². The second-order valence-electron chi connectivity index (χ2n) is 8.75. The van der Waals surface area contributed by atoms with Crippen molar-refractivity contribution in [2.24, 2.45) is 4.40 Å². The zero-order valence-corrected chi connectivity index (χ0v) is 20.6. The van der Waals surface area contributed by atoms with Crippen molar-refractivity contribution >= 4 is 27.6 Å². The van der Waals surface area contributed by atoms with Crippen molar-refractivity contribution in [1.29, 1.82) is 0 Å². The maximum absolute atomic E-state index is 13.3. The lowest BCUT2D eigenvalue weighted by Gasteiger charge is -2.38. The molecule has 2 atom stereocenters. The Morgan fingerprint density at radius 3 is 2.32 bits per heavy atom. The Morgan fingerprint density at radius 2 is 1.71 bits per heavy atom. The molecule has 0 aromatic heterocycles. The second kappa shape index (κ2) is 9.78. The van der Waals surface area contributed by atoms with Gasteiger partial charge in [0.15, 0.2) is 0 Å². The first-order valence-electron chi connectivity index (χ1n) is 11.0. The van der Waals surface area contributed by atoms with E-state index in [9.17, 15) is 13.5 Å². The standard InChI is InChI=1S/C26H27ClN2O4S/c1-26(2)24(20-13-11-19(12-14-20)18-7-4-3-5-8-18)34(31,32)29-25(33-26)28-23(15-16-30)21-9-6-10-22(27)17-21/h3-14,17,23-24,30H,15-16H2,1-2H3,(H,28,29)/t23-,24?/m0/s1. The van der Waals surface area contributed by atoms with Crippen LogP contribution in [-0.4, -0.2) is 31.8 Å². The molecule has 1 unspecified atom stereocenters. The van der Waals surface area contributed by atoms with Gasteiger partial charge in [-0.2, -0.15) is 0 Å². The van der Waals surface area contributed by atoms with Crippen LogP contribution in [0.5, 0.6) is 0 Å². The summed E-state index contributed by atoms with van der Waals surface area (Å²) in [4.78, 5) is 0. The van der Waals surface area contributed by atoms with Crippen LogP contribution in [0, 0.1) is 0 Å². The molecule has 0 fully saturated rings. The molecule has 0 spiro atoms. The molecule has 0 amide bonds. The molecule has 34 heavy (non-hydrogen) atoms. The minimum Gasteiger partial charge on any atom is -0.457 e. The molecule has 1 aliphatic heterocycles. The maximum Gasteiger partial charge on any atom is 0.301 e. The van der Waals surface area contributed by atoms with Crippen molar-refractivity contribution in [2.75, 3.05) is 6.61 Å². The zero-order valence-electron chi connectivity index (χ0n) is 19.0. The largest absolute Gasteiger partial charge is 0.457 e. The summed E-state index contributed by atoms with van der Waals surface area (Å²) in [5.74, 6) is 0. The lowest BCUT2D eigenvalue weighted by Crippen LogP contribution is -2.47. The van der Waals surface area contributed by atoms with Crippen LogP contribution in [0.2, 0.25) is 5.02 Å². The van der Waals surface area contributed by atoms with E-state index in [0.29, 0.717) is 17.0 Å². The fourth-order valence-corrected chi connectivity index (χ4v) is 6.17. The van der Waals surface area contributed by atoms with Crippen molar-refractivity contribution in [3.05, 3.63) is 95.0 Å². The first-order chi connectivity index (χ1) is 16.2. The molecule has 0 aliphatic carbocycles. The third kappa shape index (κ3) is 5.27. The molecule has 0 radical (unpaired) electrons. The number of halogens is 1. The van der Waals surface area contributed by atoms with Gasteiger partial charge < -0.3 is 15.2 Å². The van der Waals surface area contributed by atoms with Gasteiger partial charge in [0.1, 0.15) is 10.9 Å². The molecule has 178 valence electrons. The second-order valence-corrected chi connectivity index (χ2v) is 10.9. The van der Waals surface area contributed by atoms with E-state index in [2.05, 4.69) is 9.71 Å². The summed E-state index contributed by atoms with van der Waals surface area (Å²) in [5, 5.41) is 12.1. The van der Waals surface area contributed by atoms with Crippen LogP contribution < -0.4 is 5.32 Å². The number of hydrogen-bond acceptors (Lipinski definition) is 5. The zero-order chi connectivity index (χ0) is 24.3. The quantitative estimate of drug-likeness (QED) is 0.484. The van der Waals surface area contributed by atoms with Crippen molar-refractivity contribution < 1.29 is 18.3 Å². The molecule has 1 aliphatic rings. The van der Waals surface area contributed by atoms with Gasteiger partial charge in [0.05, 0.1) is 6.04 Å². The number of nitrogens with one attached hydrogen (secondary N) is 1. The molecule has 8 heteroatoms. The summed E-state index contributed by atoms with van der Waals surface area (Å²) >= 11 is 6.11. The Hall–Kier alpha value is -2.87. The number of rotatable bonds is 6. The first kappa shape index (κ1) is 24.3. The highest BCUT2D eigenvalue weighted by Crippen LogP contribution is 2.41. The molecule has 1 heterocycles. The third-order valence-corrected chi connectivity index (χ3v) is 7.88. The van der Waals surface area contributed by atoms with Gasteiger partial charge in [0.2, 0.25) is 0 Å². The number of nitrogens with zero attached hydrogens (tertiary/aromatic N) is 1. The smallest absolute Gasteiger partial charge is 0.301 e. The summed E-state index contributed by atoms with van der Waals surface area (Å²) < 4.78 is 36.7. The fourth-order valence-electron chi connectivity index (χ4n) is 4.28.